The van der Waals surface area contributed by atoms with Crippen molar-refractivity contribution in [3.8, 4) is 0 Å². The number of amides is 1. The molecule has 1 amide bonds. The van der Waals surface area contributed by atoms with E-state index in [2.05, 4.69) is 10.6 Å². The fraction of sp³-hybridized carbons (Fsp3) is 0.875. The molecule has 22 heavy (non-hydrogen) atoms. The lowest BCUT2D eigenvalue weighted by molar-refractivity contribution is -0.170. The quantitative estimate of drug-likeness (QED) is 0.461. The molecule has 0 aliphatic heterocycles. The molecule has 130 valence electrons. The van der Waals surface area contributed by atoms with Gasteiger partial charge in [-0.2, -0.15) is 0 Å². The second kappa shape index (κ2) is 7.92. The third kappa shape index (κ3) is 7.75. The highest BCUT2D eigenvalue weighted by molar-refractivity contribution is 5.81. The van der Waals surface area contributed by atoms with Crippen LogP contribution >= 0.6 is 0 Å². The van der Waals surface area contributed by atoms with Gasteiger partial charge in [-0.25, -0.2) is 0 Å². The molecule has 0 aromatic rings. The van der Waals surface area contributed by atoms with Crippen molar-refractivity contribution < 1.29 is 19.4 Å². The van der Waals surface area contributed by atoms with E-state index in [0.29, 0.717) is 19.6 Å². The van der Waals surface area contributed by atoms with Crippen LogP contribution in [-0.2, 0) is 14.3 Å². The first-order valence-electron chi connectivity index (χ1n) is 7.65. The summed E-state index contributed by atoms with van der Waals surface area (Å²) in [7, 11) is 0. The van der Waals surface area contributed by atoms with E-state index < -0.39 is 16.4 Å². The predicted molar refractivity (Wildman–Crippen MR) is 86.4 cm³/mol. The van der Waals surface area contributed by atoms with Gasteiger partial charge in [0, 0.05) is 25.0 Å². The number of aliphatic hydroxyl groups is 1. The number of ether oxygens (including phenoxy) is 1. The lowest BCUT2D eigenvalue weighted by Crippen LogP contribution is -2.44. The lowest BCUT2D eigenvalue weighted by atomic mass is 9.93. The summed E-state index contributed by atoms with van der Waals surface area (Å²) < 4.78 is 5.29. The number of aliphatic hydroxyl groups excluding tert-OH is 1. The van der Waals surface area contributed by atoms with Crippen molar-refractivity contribution in [2.45, 2.75) is 54.1 Å². The van der Waals surface area contributed by atoms with E-state index in [1.165, 1.54) is 0 Å². The smallest absolute Gasteiger partial charge is 0.313 e. The third-order valence-corrected chi connectivity index (χ3v) is 3.14. The molecule has 0 rings (SSSR count). The topological polar surface area (TPSA) is 87.7 Å². The van der Waals surface area contributed by atoms with Crippen molar-refractivity contribution in [1.82, 2.24) is 10.6 Å². The number of esters is 1. The molecule has 0 saturated carbocycles. The summed E-state index contributed by atoms with van der Waals surface area (Å²) in [6.45, 7) is 13.7. The molecule has 6 heteroatoms. The largest absolute Gasteiger partial charge is 0.457 e. The Hall–Kier alpha value is -1.14. The molecule has 0 saturated heterocycles. The third-order valence-electron chi connectivity index (χ3n) is 3.14. The number of rotatable bonds is 8. The SMILES string of the molecule is CC(C)(CO)OC(=O)C(C)(C)CNCCNC(=O)C(C)(C)C. The van der Waals surface area contributed by atoms with E-state index in [9.17, 15) is 9.59 Å². The summed E-state index contributed by atoms with van der Waals surface area (Å²) in [4.78, 5) is 23.8. The van der Waals surface area contributed by atoms with Gasteiger partial charge in [-0.05, 0) is 27.7 Å². The van der Waals surface area contributed by atoms with Crippen molar-refractivity contribution in [3.63, 3.8) is 0 Å². The molecule has 0 atom stereocenters. The molecule has 0 bridgehead atoms. The van der Waals surface area contributed by atoms with Gasteiger partial charge in [-0.15, -0.1) is 0 Å². The van der Waals surface area contributed by atoms with Crippen molar-refractivity contribution in [2.24, 2.45) is 10.8 Å². The Bertz CT molecular complexity index is 384. The van der Waals surface area contributed by atoms with Gasteiger partial charge in [-0.3, -0.25) is 9.59 Å². The Kier molecular flexibility index (Phi) is 7.51. The molecule has 0 fully saturated rings. The Morgan fingerprint density at radius 3 is 2.00 bits per heavy atom. The van der Waals surface area contributed by atoms with Crippen LogP contribution in [-0.4, -0.2) is 48.8 Å². The first-order valence-corrected chi connectivity index (χ1v) is 7.65. The fourth-order valence-electron chi connectivity index (χ4n) is 1.42. The Labute approximate surface area is 134 Å². The monoisotopic (exact) mass is 316 g/mol. The van der Waals surface area contributed by atoms with Crippen molar-refractivity contribution >= 4 is 11.9 Å². The molecule has 0 aliphatic rings. The Balaban J connectivity index is 4.13. The first kappa shape index (κ1) is 20.9. The highest BCUT2D eigenvalue weighted by Gasteiger charge is 2.33. The second-order valence-electron chi connectivity index (χ2n) is 7.87. The standard InChI is InChI=1S/C16H32N2O4/c1-14(2,3)12(20)18-9-8-17-10-15(4,5)13(21)22-16(6,7)11-19/h17,19H,8-11H2,1-7H3,(H,18,20). The zero-order chi connectivity index (χ0) is 17.6. The summed E-state index contributed by atoms with van der Waals surface area (Å²) in [6.07, 6.45) is 0. The maximum absolute atomic E-state index is 12.1. The van der Waals surface area contributed by atoms with Gasteiger partial charge in [0.2, 0.25) is 5.91 Å². The summed E-state index contributed by atoms with van der Waals surface area (Å²) in [5, 5.41) is 15.1. The highest BCUT2D eigenvalue weighted by atomic mass is 16.6. The number of hydrogen-bond acceptors (Lipinski definition) is 5. The maximum atomic E-state index is 12.1. The average Bonchev–Trinajstić information content (AvgIpc) is 2.36. The molecule has 0 spiro atoms. The minimum atomic E-state index is -0.880. The summed E-state index contributed by atoms with van der Waals surface area (Å²) in [5.41, 5.74) is -1.99. The number of carbonyl (C=O) groups is 2. The van der Waals surface area contributed by atoms with E-state index in [1.807, 2.05) is 20.8 Å². The molecular weight excluding hydrogens is 284 g/mol. The van der Waals surface area contributed by atoms with E-state index >= 15 is 0 Å². The maximum Gasteiger partial charge on any atom is 0.313 e. The molecule has 6 nitrogen and oxygen atoms in total. The van der Waals surface area contributed by atoms with Gasteiger partial charge in [0.15, 0.2) is 0 Å². The van der Waals surface area contributed by atoms with Gasteiger partial charge < -0.3 is 20.5 Å². The van der Waals surface area contributed by atoms with Crippen LogP contribution in [0.15, 0.2) is 0 Å². The molecule has 3 N–H and O–H groups in total. The number of carbonyl (C=O) groups excluding carboxylic acids is 2. The minimum Gasteiger partial charge on any atom is -0.457 e. The van der Waals surface area contributed by atoms with Crippen molar-refractivity contribution in [1.29, 1.82) is 0 Å². The average molecular weight is 316 g/mol. The van der Waals surface area contributed by atoms with Gasteiger partial charge in [0.05, 0.1) is 12.0 Å². The van der Waals surface area contributed by atoms with Crippen molar-refractivity contribution in [2.75, 3.05) is 26.2 Å². The molecule has 0 aromatic carbocycles. The van der Waals surface area contributed by atoms with E-state index in [1.54, 1.807) is 27.7 Å². The van der Waals surface area contributed by atoms with Crippen LogP contribution < -0.4 is 10.6 Å². The van der Waals surface area contributed by atoms with Crippen LogP contribution in [0.2, 0.25) is 0 Å². The van der Waals surface area contributed by atoms with Crippen LogP contribution in [0.4, 0.5) is 0 Å². The van der Waals surface area contributed by atoms with Crippen LogP contribution in [0.1, 0.15) is 48.5 Å². The summed E-state index contributed by atoms with van der Waals surface area (Å²) in [5.74, 6) is -0.365. The Morgan fingerprint density at radius 1 is 1.00 bits per heavy atom. The van der Waals surface area contributed by atoms with Crippen LogP contribution in [0, 0.1) is 10.8 Å². The van der Waals surface area contributed by atoms with Crippen LogP contribution in [0.25, 0.3) is 0 Å². The zero-order valence-corrected chi connectivity index (χ0v) is 15.0. The lowest BCUT2D eigenvalue weighted by Gasteiger charge is -2.29. The second-order valence-corrected chi connectivity index (χ2v) is 7.87. The summed E-state index contributed by atoms with van der Waals surface area (Å²) >= 11 is 0. The minimum absolute atomic E-state index is 0.00216. The molecule has 0 aliphatic carbocycles. The normalized spacial score (nSPS) is 12.9. The fourth-order valence-corrected chi connectivity index (χ4v) is 1.42. The van der Waals surface area contributed by atoms with Crippen LogP contribution in [0.3, 0.4) is 0 Å². The number of nitrogens with one attached hydrogen (secondary N) is 2. The molecule has 0 unspecified atom stereocenters. The highest BCUT2D eigenvalue weighted by Crippen LogP contribution is 2.20. The van der Waals surface area contributed by atoms with Gasteiger partial charge >= 0.3 is 5.97 Å². The Morgan fingerprint density at radius 2 is 1.55 bits per heavy atom. The molecule has 0 radical (unpaired) electrons. The first-order chi connectivity index (χ1) is 9.82. The van der Waals surface area contributed by atoms with Gasteiger partial charge in [0.1, 0.15) is 5.60 Å². The number of hydrogen-bond donors (Lipinski definition) is 3. The molecule has 0 aromatic heterocycles. The summed E-state index contributed by atoms with van der Waals surface area (Å²) in [6, 6.07) is 0. The van der Waals surface area contributed by atoms with E-state index in [0.717, 1.165) is 0 Å². The van der Waals surface area contributed by atoms with Crippen LogP contribution in [0.5, 0.6) is 0 Å². The predicted octanol–water partition coefficient (Wildman–Crippen LogP) is 1.08. The molecule has 0 heterocycles. The molecular formula is C16H32N2O4. The van der Waals surface area contributed by atoms with E-state index in [4.69, 9.17) is 9.84 Å². The van der Waals surface area contributed by atoms with Crippen molar-refractivity contribution in [3.05, 3.63) is 0 Å². The van der Waals surface area contributed by atoms with E-state index in [-0.39, 0.29) is 18.5 Å². The zero-order valence-electron chi connectivity index (χ0n) is 15.0. The van der Waals surface area contributed by atoms with Gasteiger partial charge in [0.25, 0.3) is 0 Å². The van der Waals surface area contributed by atoms with Gasteiger partial charge in [-0.1, -0.05) is 20.8 Å².